The molecule has 2 N–H and O–H groups in total. The van der Waals surface area contributed by atoms with Crippen molar-refractivity contribution in [2.75, 3.05) is 33.4 Å². The molecule has 1 heterocycles. The zero-order valence-electron chi connectivity index (χ0n) is 11.4. The van der Waals surface area contributed by atoms with E-state index in [4.69, 9.17) is 9.84 Å². The van der Waals surface area contributed by atoms with Crippen LogP contribution in [0.3, 0.4) is 0 Å². The number of aliphatic hydroxyl groups is 1. The standard InChI is InChI=1S/C12H19N3O4/c1-8-9(2)13-14-11(17)10(8)12(18)15(4-6-16)5-7-19-3/h16H,4-7H2,1-3H3,(H,14,17). The number of hydrogen-bond acceptors (Lipinski definition) is 5. The molecule has 0 aliphatic heterocycles. The minimum absolute atomic E-state index is 0.0667. The molecule has 19 heavy (non-hydrogen) atoms. The predicted molar refractivity (Wildman–Crippen MR) is 69.2 cm³/mol. The summed E-state index contributed by atoms with van der Waals surface area (Å²) in [4.78, 5) is 25.5. The number of nitrogens with one attached hydrogen (secondary N) is 1. The van der Waals surface area contributed by atoms with Crippen LogP contribution in [-0.2, 0) is 4.74 Å². The Morgan fingerprint density at radius 1 is 1.42 bits per heavy atom. The smallest absolute Gasteiger partial charge is 0.277 e. The summed E-state index contributed by atoms with van der Waals surface area (Å²) in [6, 6.07) is 0. The number of carbonyl (C=O) groups is 1. The summed E-state index contributed by atoms with van der Waals surface area (Å²) in [7, 11) is 1.52. The third kappa shape index (κ3) is 3.62. The average molecular weight is 269 g/mol. The van der Waals surface area contributed by atoms with Crippen LogP contribution in [0.2, 0.25) is 0 Å². The Hall–Kier alpha value is -1.73. The molecule has 1 amide bonds. The number of ether oxygens (including phenoxy) is 1. The van der Waals surface area contributed by atoms with E-state index in [0.29, 0.717) is 24.4 Å². The molecule has 1 aromatic heterocycles. The Morgan fingerprint density at radius 2 is 2.11 bits per heavy atom. The van der Waals surface area contributed by atoms with Gasteiger partial charge in [0.05, 0.1) is 18.9 Å². The summed E-state index contributed by atoms with van der Waals surface area (Å²) in [6.07, 6.45) is 0. The maximum Gasteiger partial charge on any atom is 0.277 e. The molecule has 0 unspecified atom stereocenters. The monoisotopic (exact) mass is 269 g/mol. The highest BCUT2D eigenvalue weighted by Gasteiger charge is 2.21. The molecular formula is C12H19N3O4. The molecule has 0 saturated heterocycles. The summed E-state index contributed by atoms with van der Waals surface area (Å²) in [5.74, 6) is -0.421. The van der Waals surface area contributed by atoms with Crippen molar-refractivity contribution < 1.29 is 14.6 Å². The number of amides is 1. The molecular weight excluding hydrogens is 250 g/mol. The first-order chi connectivity index (χ1) is 9.02. The number of methoxy groups -OCH3 is 1. The highest BCUT2D eigenvalue weighted by atomic mass is 16.5. The van der Waals surface area contributed by atoms with Gasteiger partial charge in [-0.2, -0.15) is 5.10 Å². The van der Waals surface area contributed by atoms with Crippen LogP contribution in [0.25, 0.3) is 0 Å². The predicted octanol–water partition coefficient (Wildman–Crippen LogP) is -0.532. The molecule has 1 rings (SSSR count). The van der Waals surface area contributed by atoms with Crippen LogP contribution in [0, 0.1) is 13.8 Å². The van der Waals surface area contributed by atoms with Gasteiger partial charge < -0.3 is 14.7 Å². The lowest BCUT2D eigenvalue weighted by atomic mass is 10.1. The largest absolute Gasteiger partial charge is 0.395 e. The van der Waals surface area contributed by atoms with Crippen LogP contribution in [0.5, 0.6) is 0 Å². The second kappa shape index (κ2) is 7.01. The quantitative estimate of drug-likeness (QED) is 0.723. The Kier molecular flexibility index (Phi) is 5.65. The molecule has 0 fully saturated rings. The van der Waals surface area contributed by atoms with Crippen molar-refractivity contribution in [3.05, 3.63) is 27.2 Å². The summed E-state index contributed by atoms with van der Waals surface area (Å²) < 4.78 is 4.92. The molecule has 7 heteroatoms. The van der Waals surface area contributed by atoms with Crippen molar-refractivity contribution in [2.24, 2.45) is 0 Å². The lowest BCUT2D eigenvalue weighted by Gasteiger charge is -2.21. The summed E-state index contributed by atoms with van der Waals surface area (Å²) in [5.41, 5.74) is 0.693. The minimum atomic E-state index is -0.520. The van der Waals surface area contributed by atoms with Crippen molar-refractivity contribution in [3.63, 3.8) is 0 Å². The van der Waals surface area contributed by atoms with Crippen LogP contribution in [-0.4, -0.2) is 59.5 Å². The SMILES string of the molecule is COCCN(CCO)C(=O)c1c(C)c(C)n[nH]c1=O. The fourth-order valence-electron chi connectivity index (χ4n) is 1.68. The van der Waals surface area contributed by atoms with Crippen molar-refractivity contribution in [3.8, 4) is 0 Å². The van der Waals surface area contributed by atoms with E-state index in [-0.39, 0.29) is 18.7 Å². The maximum atomic E-state index is 12.3. The van der Waals surface area contributed by atoms with Crippen molar-refractivity contribution in [2.45, 2.75) is 13.8 Å². The summed E-state index contributed by atoms with van der Waals surface area (Å²) in [5, 5.41) is 15.1. The first kappa shape index (κ1) is 15.3. The third-order valence-electron chi connectivity index (χ3n) is 2.91. The van der Waals surface area contributed by atoms with Gasteiger partial charge in [0.2, 0.25) is 0 Å². The van der Waals surface area contributed by atoms with Gasteiger partial charge >= 0.3 is 0 Å². The van der Waals surface area contributed by atoms with E-state index in [1.807, 2.05) is 0 Å². The highest BCUT2D eigenvalue weighted by Crippen LogP contribution is 2.08. The Labute approximate surface area is 111 Å². The molecule has 7 nitrogen and oxygen atoms in total. The molecule has 1 aromatic rings. The van der Waals surface area contributed by atoms with Gasteiger partial charge in [0, 0.05) is 20.2 Å². The number of rotatable bonds is 6. The van der Waals surface area contributed by atoms with Gasteiger partial charge in [-0.05, 0) is 19.4 Å². The first-order valence-electron chi connectivity index (χ1n) is 5.97. The molecule has 0 radical (unpaired) electrons. The van der Waals surface area contributed by atoms with E-state index in [1.165, 1.54) is 12.0 Å². The number of H-pyrrole nitrogens is 1. The van der Waals surface area contributed by atoms with E-state index in [2.05, 4.69) is 10.2 Å². The second-order valence-corrected chi connectivity index (χ2v) is 4.15. The molecule has 0 atom stereocenters. The summed E-state index contributed by atoms with van der Waals surface area (Å²) in [6.45, 7) is 4.04. The topological polar surface area (TPSA) is 95.5 Å². The molecule has 0 bridgehead atoms. The zero-order valence-corrected chi connectivity index (χ0v) is 11.4. The fraction of sp³-hybridized carbons (Fsp3) is 0.583. The zero-order chi connectivity index (χ0) is 14.4. The lowest BCUT2D eigenvalue weighted by molar-refractivity contribution is 0.0653. The van der Waals surface area contributed by atoms with Gasteiger partial charge in [0.15, 0.2) is 0 Å². The van der Waals surface area contributed by atoms with Crippen LogP contribution in [0.4, 0.5) is 0 Å². The van der Waals surface area contributed by atoms with E-state index in [0.717, 1.165) is 0 Å². The van der Waals surface area contributed by atoms with Gasteiger partial charge in [-0.3, -0.25) is 9.59 Å². The van der Waals surface area contributed by atoms with Gasteiger partial charge in [-0.1, -0.05) is 0 Å². The first-order valence-corrected chi connectivity index (χ1v) is 5.97. The van der Waals surface area contributed by atoms with E-state index in [9.17, 15) is 9.59 Å². The van der Waals surface area contributed by atoms with Crippen LogP contribution >= 0.6 is 0 Å². The molecule has 0 aliphatic rings. The van der Waals surface area contributed by atoms with Crippen LogP contribution in [0.1, 0.15) is 21.6 Å². The van der Waals surface area contributed by atoms with E-state index in [1.54, 1.807) is 13.8 Å². The van der Waals surface area contributed by atoms with Gasteiger partial charge in [0.25, 0.3) is 11.5 Å². The van der Waals surface area contributed by atoms with Gasteiger partial charge in [-0.15, -0.1) is 0 Å². The van der Waals surface area contributed by atoms with Crippen LogP contribution < -0.4 is 5.56 Å². The van der Waals surface area contributed by atoms with Gasteiger partial charge in [0.1, 0.15) is 5.56 Å². The fourth-order valence-corrected chi connectivity index (χ4v) is 1.68. The van der Waals surface area contributed by atoms with Gasteiger partial charge in [-0.25, -0.2) is 5.10 Å². The lowest BCUT2D eigenvalue weighted by Crippen LogP contribution is -2.39. The van der Waals surface area contributed by atoms with Crippen LogP contribution in [0.15, 0.2) is 4.79 Å². The second-order valence-electron chi connectivity index (χ2n) is 4.15. The average Bonchev–Trinajstić information content (AvgIpc) is 2.39. The van der Waals surface area contributed by atoms with E-state index < -0.39 is 11.5 Å². The number of hydrogen-bond donors (Lipinski definition) is 2. The Balaban J connectivity index is 3.09. The number of aromatic amines is 1. The van der Waals surface area contributed by atoms with Crippen molar-refractivity contribution in [1.29, 1.82) is 0 Å². The molecule has 0 aliphatic carbocycles. The highest BCUT2D eigenvalue weighted by molar-refractivity contribution is 5.95. The minimum Gasteiger partial charge on any atom is -0.395 e. The normalized spacial score (nSPS) is 10.5. The molecule has 106 valence electrons. The number of aryl methyl sites for hydroxylation is 1. The third-order valence-corrected chi connectivity index (χ3v) is 2.91. The Bertz CT molecular complexity index is 498. The van der Waals surface area contributed by atoms with Crippen molar-refractivity contribution in [1.82, 2.24) is 15.1 Å². The van der Waals surface area contributed by atoms with Crippen molar-refractivity contribution >= 4 is 5.91 Å². The molecule has 0 saturated carbocycles. The maximum absolute atomic E-state index is 12.3. The summed E-state index contributed by atoms with van der Waals surface area (Å²) >= 11 is 0. The Morgan fingerprint density at radius 3 is 2.68 bits per heavy atom. The molecule has 0 aromatic carbocycles. The number of aliphatic hydroxyl groups excluding tert-OH is 1. The van der Waals surface area contributed by atoms with E-state index >= 15 is 0 Å². The number of aromatic nitrogens is 2. The molecule has 0 spiro atoms. The number of nitrogens with zero attached hydrogens (tertiary/aromatic N) is 2. The number of carbonyl (C=O) groups excluding carboxylic acids is 1.